The summed E-state index contributed by atoms with van der Waals surface area (Å²) in [6, 6.07) is 9.07. The molecule has 5 rings (SSSR count). The Bertz CT molecular complexity index is 1610. The number of ether oxygens (including phenoxy) is 2. The fourth-order valence-corrected chi connectivity index (χ4v) is 5.45. The summed E-state index contributed by atoms with van der Waals surface area (Å²) in [5.74, 6) is 1.94. The van der Waals surface area contributed by atoms with E-state index in [1.807, 2.05) is 45.0 Å². The van der Waals surface area contributed by atoms with Crippen LogP contribution in [-0.4, -0.2) is 45.4 Å². The van der Waals surface area contributed by atoms with Gasteiger partial charge in [-0.15, -0.1) is 0 Å². The van der Waals surface area contributed by atoms with Gasteiger partial charge in [-0.05, 0) is 62.9 Å². The Morgan fingerprint density at radius 3 is 2.35 bits per heavy atom. The fourth-order valence-electron chi connectivity index (χ4n) is 5.28. The summed E-state index contributed by atoms with van der Waals surface area (Å²) in [5.41, 5.74) is 1.73. The molecule has 0 amide bonds. The molecular weight excluding hydrogens is 494 g/mol. The van der Waals surface area contributed by atoms with Gasteiger partial charge < -0.3 is 14.4 Å². The minimum atomic E-state index is -0.286. The number of aromatic nitrogens is 4. The zero-order chi connectivity index (χ0) is 26.3. The topological polar surface area (TPSA) is 91.5 Å². The quantitative estimate of drug-likeness (QED) is 0.349. The molecule has 0 saturated carbocycles. The van der Waals surface area contributed by atoms with Gasteiger partial charge >= 0.3 is 5.69 Å². The van der Waals surface area contributed by atoms with E-state index in [9.17, 15) is 9.59 Å². The summed E-state index contributed by atoms with van der Waals surface area (Å²) < 4.78 is 14.6. The lowest BCUT2D eigenvalue weighted by molar-refractivity contribution is 0.288. The third kappa shape index (κ3) is 4.41. The number of rotatable bonds is 6. The molecule has 0 radical (unpaired) electrons. The van der Waals surface area contributed by atoms with Crippen LogP contribution in [0.2, 0.25) is 5.28 Å². The number of anilines is 1. The molecule has 0 spiro atoms. The standard InChI is InChI=1S/C27H30ClN5O4/c1-5-36-21-14-19-20(15-22(21)37-6-2)29-26(28)30-24(19)32-12-10-17(11-13-32)33-25(34)18-9-7-8-16(3)23(18)31(4)27(33)35/h7-9,14-15,17H,5-6,10-13H2,1-4H3. The molecular formula is C27H30ClN5O4. The molecule has 10 heteroatoms. The molecule has 9 nitrogen and oxygen atoms in total. The molecule has 4 aromatic rings. The van der Waals surface area contributed by atoms with E-state index in [-0.39, 0.29) is 22.6 Å². The zero-order valence-electron chi connectivity index (χ0n) is 21.5. The van der Waals surface area contributed by atoms with Crippen molar-refractivity contribution in [1.82, 2.24) is 19.1 Å². The van der Waals surface area contributed by atoms with Crippen LogP contribution in [0.1, 0.15) is 38.3 Å². The Morgan fingerprint density at radius 2 is 1.68 bits per heavy atom. The summed E-state index contributed by atoms with van der Waals surface area (Å²) in [4.78, 5) is 37.7. The van der Waals surface area contributed by atoms with Gasteiger partial charge in [-0.3, -0.25) is 13.9 Å². The monoisotopic (exact) mass is 523 g/mol. The SMILES string of the molecule is CCOc1cc2nc(Cl)nc(N3CCC(n4c(=O)c5cccc(C)c5n(C)c4=O)CC3)c2cc1OCC. The molecule has 0 aliphatic carbocycles. The van der Waals surface area contributed by atoms with Gasteiger partial charge in [0.2, 0.25) is 5.28 Å². The molecule has 0 unspecified atom stereocenters. The Labute approximate surface area is 219 Å². The van der Waals surface area contributed by atoms with Crippen molar-refractivity contribution in [2.24, 2.45) is 7.05 Å². The molecule has 0 bridgehead atoms. The van der Waals surface area contributed by atoms with E-state index < -0.39 is 0 Å². The van der Waals surface area contributed by atoms with Crippen LogP contribution in [0.15, 0.2) is 39.9 Å². The van der Waals surface area contributed by atoms with E-state index in [2.05, 4.69) is 14.9 Å². The van der Waals surface area contributed by atoms with Gasteiger partial charge in [0, 0.05) is 37.6 Å². The summed E-state index contributed by atoms with van der Waals surface area (Å²) in [6.45, 7) is 7.95. The van der Waals surface area contributed by atoms with Crippen molar-refractivity contribution in [3.63, 3.8) is 0 Å². The van der Waals surface area contributed by atoms with Crippen LogP contribution < -0.4 is 25.6 Å². The highest BCUT2D eigenvalue weighted by Crippen LogP contribution is 2.37. The van der Waals surface area contributed by atoms with E-state index >= 15 is 0 Å². The molecule has 3 heterocycles. The van der Waals surface area contributed by atoms with E-state index in [1.54, 1.807) is 17.7 Å². The third-order valence-electron chi connectivity index (χ3n) is 6.96. The van der Waals surface area contributed by atoms with E-state index in [1.165, 1.54) is 4.57 Å². The maximum atomic E-state index is 13.4. The van der Waals surface area contributed by atoms with E-state index in [4.69, 9.17) is 21.1 Å². The number of halogens is 1. The normalized spacial score (nSPS) is 14.5. The van der Waals surface area contributed by atoms with Crippen molar-refractivity contribution in [3.05, 3.63) is 62.0 Å². The van der Waals surface area contributed by atoms with Crippen molar-refractivity contribution < 1.29 is 9.47 Å². The second kappa shape index (κ2) is 10.0. The van der Waals surface area contributed by atoms with Gasteiger partial charge in [-0.2, -0.15) is 4.98 Å². The average molecular weight is 524 g/mol. The highest BCUT2D eigenvalue weighted by molar-refractivity contribution is 6.28. The number of benzene rings is 2. The Kier molecular flexibility index (Phi) is 6.81. The Hall–Kier alpha value is -3.59. The maximum Gasteiger partial charge on any atom is 0.331 e. The van der Waals surface area contributed by atoms with Crippen LogP contribution in [0.25, 0.3) is 21.8 Å². The van der Waals surface area contributed by atoms with Crippen molar-refractivity contribution >= 4 is 39.2 Å². The zero-order valence-corrected chi connectivity index (χ0v) is 22.2. The van der Waals surface area contributed by atoms with Gasteiger partial charge in [0.15, 0.2) is 11.5 Å². The molecule has 194 valence electrons. The van der Waals surface area contributed by atoms with Crippen molar-refractivity contribution in [1.29, 1.82) is 0 Å². The van der Waals surface area contributed by atoms with E-state index in [0.29, 0.717) is 72.9 Å². The number of hydrogen-bond acceptors (Lipinski definition) is 7. The molecule has 2 aromatic carbocycles. The number of aryl methyl sites for hydroxylation is 2. The van der Waals surface area contributed by atoms with Gasteiger partial charge in [-0.1, -0.05) is 12.1 Å². The predicted octanol–water partition coefficient (Wildman–Crippen LogP) is 4.24. The lowest BCUT2D eigenvalue weighted by Gasteiger charge is -2.34. The number of hydrogen-bond donors (Lipinski definition) is 0. The number of nitrogens with zero attached hydrogens (tertiary/aromatic N) is 5. The third-order valence-corrected chi connectivity index (χ3v) is 7.13. The average Bonchev–Trinajstić information content (AvgIpc) is 2.88. The molecule has 1 saturated heterocycles. The molecule has 1 aliphatic rings. The van der Waals surface area contributed by atoms with Crippen molar-refractivity contribution in [2.75, 3.05) is 31.2 Å². The van der Waals surface area contributed by atoms with Crippen molar-refractivity contribution in [2.45, 2.75) is 39.7 Å². The maximum absolute atomic E-state index is 13.4. The highest BCUT2D eigenvalue weighted by atomic mass is 35.5. The van der Waals surface area contributed by atoms with Crippen molar-refractivity contribution in [3.8, 4) is 11.5 Å². The molecule has 0 atom stereocenters. The largest absolute Gasteiger partial charge is 0.490 e. The lowest BCUT2D eigenvalue weighted by atomic mass is 10.0. The Morgan fingerprint density at radius 1 is 1.00 bits per heavy atom. The number of para-hydroxylation sites is 1. The molecule has 1 aliphatic heterocycles. The van der Waals surface area contributed by atoms with Gasteiger partial charge in [0.25, 0.3) is 5.56 Å². The minimum absolute atomic E-state index is 0.145. The van der Waals surface area contributed by atoms with Crippen LogP contribution in [0.5, 0.6) is 11.5 Å². The van der Waals surface area contributed by atoms with Crippen LogP contribution in [0.3, 0.4) is 0 Å². The molecule has 2 aromatic heterocycles. The second-order valence-electron chi connectivity index (χ2n) is 9.20. The fraction of sp³-hybridized carbons (Fsp3) is 0.407. The first kappa shape index (κ1) is 25.1. The predicted molar refractivity (Wildman–Crippen MR) is 146 cm³/mol. The Balaban J connectivity index is 1.50. The van der Waals surface area contributed by atoms with Crippen LogP contribution >= 0.6 is 11.6 Å². The summed E-state index contributed by atoms with van der Waals surface area (Å²) in [6.07, 6.45) is 1.23. The molecule has 0 N–H and O–H groups in total. The first-order chi connectivity index (χ1) is 17.8. The smallest absolute Gasteiger partial charge is 0.331 e. The number of fused-ring (bicyclic) bond motifs is 2. The second-order valence-corrected chi connectivity index (χ2v) is 9.54. The lowest BCUT2D eigenvalue weighted by Crippen LogP contribution is -2.45. The first-order valence-electron chi connectivity index (χ1n) is 12.6. The van der Waals surface area contributed by atoms with E-state index in [0.717, 1.165) is 10.9 Å². The van der Waals surface area contributed by atoms with Crippen LogP contribution in [0, 0.1) is 6.92 Å². The summed E-state index contributed by atoms with van der Waals surface area (Å²) in [5, 5.41) is 1.52. The van der Waals surface area contributed by atoms with Gasteiger partial charge in [-0.25, -0.2) is 9.78 Å². The minimum Gasteiger partial charge on any atom is -0.490 e. The molecule has 1 fully saturated rings. The first-order valence-corrected chi connectivity index (χ1v) is 12.9. The van der Waals surface area contributed by atoms with Gasteiger partial charge in [0.05, 0.1) is 29.6 Å². The number of piperidine rings is 1. The summed E-state index contributed by atoms with van der Waals surface area (Å²) >= 11 is 6.31. The molecule has 37 heavy (non-hydrogen) atoms. The van der Waals surface area contributed by atoms with Crippen LogP contribution in [0.4, 0.5) is 5.82 Å². The summed E-state index contributed by atoms with van der Waals surface area (Å²) in [7, 11) is 1.73. The highest BCUT2D eigenvalue weighted by Gasteiger charge is 2.27. The van der Waals surface area contributed by atoms with Crippen LogP contribution in [-0.2, 0) is 7.05 Å². The van der Waals surface area contributed by atoms with Gasteiger partial charge in [0.1, 0.15) is 5.82 Å².